The topological polar surface area (TPSA) is 121 Å². The molecule has 152 valence electrons. The highest BCUT2D eigenvalue weighted by molar-refractivity contribution is 7.22. The number of nitro groups is 1. The van der Waals surface area contributed by atoms with Gasteiger partial charge in [0.05, 0.1) is 33.4 Å². The van der Waals surface area contributed by atoms with E-state index >= 15 is 0 Å². The highest BCUT2D eigenvalue weighted by Gasteiger charge is 2.16. The van der Waals surface area contributed by atoms with Gasteiger partial charge in [0.1, 0.15) is 13.2 Å². The van der Waals surface area contributed by atoms with Crippen molar-refractivity contribution in [2.24, 2.45) is 0 Å². The van der Waals surface area contributed by atoms with Crippen LogP contribution in [0.2, 0.25) is 0 Å². The van der Waals surface area contributed by atoms with E-state index in [9.17, 15) is 14.9 Å². The molecule has 1 aliphatic rings. The molecule has 1 N–H and O–H groups in total. The zero-order chi connectivity index (χ0) is 20.7. The van der Waals surface area contributed by atoms with Crippen molar-refractivity contribution in [2.75, 3.05) is 18.5 Å². The highest BCUT2D eigenvalue weighted by atomic mass is 32.1. The standard InChI is InChI=1S/C19H15N5O5S/c25-18(3-4-23-14-7-12(24(26)27)2-1-11(14)10-20-23)22-19-21-13-8-15-16(9-17(13)30-19)29-6-5-28-15/h1-2,7-10H,3-6H2,(H,21,22,25). The molecule has 1 amide bonds. The predicted molar refractivity (Wildman–Crippen MR) is 110 cm³/mol. The molecule has 11 heteroatoms. The second-order valence-electron chi connectivity index (χ2n) is 6.65. The summed E-state index contributed by atoms with van der Waals surface area (Å²) in [5, 5.41) is 19.3. The van der Waals surface area contributed by atoms with Crippen molar-refractivity contribution in [1.29, 1.82) is 0 Å². The van der Waals surface area contributed by atoms with Crippen LogP contribution in [-0.2, 0) is 11.3 Å². The van der Waals surface area contributed by atoms with E-state index in [4.69, 9.17) is 9.47 Å². The first kappa shape index (κ1) is 18.3. The molecule has 0 spiro atoms. The van der Waals surface area contributed by atoms with Crippen molar-refractivity contribution in [3.8, 4) is 11.5 Å². The Morgan fingerprint density at radius 3 is 2.83 bits per heavy atom. The van der Waals surface area contributed by atoms with Gasteiger partial charge in [-0.25, -0.2) is 4.98 Å². The Bertz CT molecular complexity index is 1250. The number of hydrogen-bond acceptors (Lipinski definition) is 8. The minimum Gasteiger partial charge on any atom is -0.486 e. The fourth-order valence-electron chi connectivity index (χ4n) is 3.26. The summed E-state index contributed by atoms with van der Waals surface area (Å²) in [4.78, 5) is 27.4. The Morgan fingerprint density at radius 2 is 2.03 bits per heavy atom. The highest BCUT2D eigenvalue weighted by Crippen LogP contribution is 2.37. The lowest BCUT2D eigenvalue weighted by Gasteiger charge is -2.17. The first-order valence-electron chi connectivity index (χ1n) is 9.17. The summed E-state index contributed by atoms with van der Waals surface area (Å²) in [6.45, 7) is 1.29. The van der Waals surface area contributed by atoms with E-state index < -0.39 is 4.92 Å². The van der Waals surface area contributed by atoms with Gasteiger partial charge in [-0.2, -0.15) is 5.10 Å². The van der Waals surface area contributed by atoms with E-state index in [0.717, 1.165) is 15.6 Å². The van der Waals surface area contributed by atoms with Crippen LogP contribution in [0.5, 0.6) is 11.5 Å². The van der Waals surface area contributed by atoms with Crippen molar-refractivity contribution < 1.29 is 19.2 Å². The third-order valence-corrected chi connectivity index (χ3v) is 5.62. The number of aromatic nitrogens is 3. The molecule has 5 rings (SSSR count). The summed E-state index contributed by atoms with van der Waals surface area (Å²) in [6, 6.07) is 8.20. The number of rotatable bonds is 5. The fraction of sp³-hybridized carbons (Fsp3) is 0.211. The molecule has 3 heterocycles. The van der Waals surface area contributed by atoms with Crippen molar-refractivity contribution in [2.45, 2.75) is 13.0 Å². The Balaban J connectivity index is 1.29. The monoisotopic (exact) mass is 425 g/mol. The van der Waals surface area contributed by atoms with Gasteiger partial charge in [-0.15, -0.1) is 0 Å². The molecule has 30 heavy (non-hydrogen) atoms. The number of hydrogen-bond donors (Lipinski definition) is 1. The average Bonchev–Trinajstić information content (AvgIpc) is 3.32. The number of nitrogens with one attached hydrogen (secondary N) is 1. The lowest BCUT2D eigenvalue weighted by atomic mass is 10.2. The number of anilines is 1. The zero-order valence-corrected chi connectivity index (χ0v) is 16.3. The van der Waals surface area contributed by atoms with E-state index in [0.29, 0.717) is 35.4 Å². The van der Waals surface area contributed by atoms with Crippen molar-refractivity contribution >= 4 is 49.2 Å². The molecule has 0 saturated heterocycles. The number of non-ortho nitro benzene ring substituents is 1. The quantitative estimate of drug-likeness (QED) is 0.384. The number of carbonyl (C=O) groups is 1. The zero-order valence-electron chi connectivity index (χ0n) is 15.5. The number of nitrogens with zero attached hydrogens (tertiary/aromatic N) is 4. The van der Waals surface area contributed by atoms with Crippen LogP contribution in [0.3, 0.4) is 0 Å². The van der Waals surface area contributed by atoms with E-state index in [-0.39, 0.29) is 24.6 Å². The molecule has 2 aromatic heterocycles. The van der Waals surface area contributed by atoms with Crippen LogP contribution < -0.4 is 14.8 Å². The van der Waals surface area contributed by atoms with Crippen LogP contribution in [0.4, 0.5) is 10.8 Å². The summed E-state index contributed by atoms with van der Waals surface area (Å²) < 4.78 is 13.6. The number of amides is 1. The molecule has 10 nitrogen and oxygen atoms in total. The number of nitro benzene ring substituents is 1. The third-order valence-electron chi connectivity index (χ3n) is 4.69. The van der Waals surface area contributed by atoms with Crippen LogP contribution in [0.1, 0.15) is 6.42 Å². The number of fused-ring (bicyclic) bond motifs is 3. The van der Waals surface area contributed by atoms with Crippen LogP contribution in [0.25, 0.3) is 21.1 Å². The molecule has 0 aliphatic carbocycles. The largest absolute Gasteiger partial charge is 0.486 e. The van der Waals surface area contributed by atoms with Gasteiger partial charge in [0, 0.05) is 36.1 Å². The smallest absolute Gasteiger partial charge is 0.271 e. The first-order chi connectivity index (χ1) is 14.6. The van der Waals surface area contributed by atoms with Gasteiger partial charge < -0.3 is 14.8 Å². The van der Waals surface area contributed by atoms with E-state index in [1.807, 2.05) is 6.07 Å². The summed E-state index contributed by atoms with van der Waals surface area (Å²) in [5.74, 6) is 1.10. The van der Waals surface area contributed by atoms with E-state index in [1.54, 1.807) is 23.0 Å². The Hall–Kier alpha value is -3.73. The lowest BCUT2D eigenvalue weighted by molar-refractivity contribution is -0.384. The molecule has 2 aromatic carbocycles. The van der Waals surface area contributed by atoms with Crippen molar-refractivity contribution in [1.82, 2.24) is 14.8 Å². The van der Waals surface area contributed by atoms with Crippen LogP contribution in [0, 0.1) is 10.1 Å². The van der Waals surface area contributed by atoms with Crippen LogP contribution >= 0.6 is 11.3 Å². The number of aryl methyl sites for hydroxylation is 1. The van der Waals surface area contributed by atoms with Gasteiger partial charge in [-0.05, 0) is 6.07 Å². The number of ether oxygens (including phenoxy) is 2. The summed E-state index contributed by atoms with van der Waals surface area (Å²) in [5.41, 5.74) is 1.33. The van der Waals surface area contributed by atoms with E-state index in [2.05, 4.69) is 15.4 Å². The second kappa shape index (κ2) is 7.26. The SMILES string of the molecule is O=C(CCn1ncc2ccc([N+](=O)[O-])cc21)Nc1nc2cc3c(cc2s1)OCCO3. The summed E-state index contributed by atoms with van der Waals surface area (Å²) >= 11 is 1.35. The minimum atomic E-state index is -0.454. The molecule has 0 atom stereocenters. The van der Waals surface area contributed by atoms with Gasteiger partial charge in [-0.3, -0.25) is 19.6 Å². The van der Waals surface area contributed by atoms with Gasteiger partial charge in [0.25, 0.3) is 5.69 Å². The fourth-order valence-corrected chi connectivity index (χ4v) is 4.15. The Morgan fingerprint density at radius 1 is 1.23 bits per heavy atom. The maximum Gasteiger partial charge on any atom is 0.271 e. The summed E-state index contributed by atoms with van der Waals surface area (Å²) in [7, 11) is 0. The van der Waals surface area contributed by atoms with Gasteiger partial charge in [-0.1, -0.05) is 11.3 Å². The number of thiazole rings is 1. The number of benzene rings is 2. The maximum absolute atomic E-state index is 12.4. The van der Waals surface area contributed by atoms with Crippen LogP contribution in [0.15, 0.2) is 36.5 Å². The average molecular weight is 425 g/mol. The molecule has 1 aliphatic heterocycles. The van der Waals surface area contributed by atoms with Crippen LogP contribution in [-0.4, -0.2) is 38.8 Å². The molecular formula is C19H15N5O5S. The third kappa shape index (κ3) is 3.39. The van der Waals surface area contributed by atoms with Crippen molar-refractivity contribution in [3.05, 3.63) is 46.6 Å². The van der Waals surface area contributed by atoms with Gasteiger partial charge in [0.15, 0.2) is 16.6 Å². The Labute approximate surface area is 173 Å². The summed E-state index contributed by atoms with van der Waals surface area (Å²) in [6.07, 6.45) is 1.77. The first-order valence-corrected chi connectivity index (χ1v) is 9.98. The van der Waals surface area contributed by atoms with E-state index in [1.165, 1.54) is 23.5 Å². The second-order valence-corrected chi connectivity index (χ2v) is 7.68. The van der Waals surface area contributed by atoms with Crippen molar-refractivity contribution in [3.63, 3.8) is 0 Å². The van der Waals surface area contributed by atoms with Gasteiger partial charge >= 0.3 is 0 Å². The van der Waals surface area contributed by atoms with Gasteiger partial charge in [0.2, 0.25) is 5.91 Å². The molecule has 0 fully saturated rings. The normalized spacial score (nSPS) is 12.9. The number of carbonyl (C=O) groups excluding carboxylic acids is 1. The lowest BCUT2D eigenvalue weighted by Crippen LogP contribution is -2.15. The molecule has 0 saturated carbocycles. The molecule has 0 bridgehead atoms. The molecular weight excluding hydrogens is 410 g/mol. The molecule has 0 unspecified atom stereocenters. The molecule has 0 radical (unpaired) electrons. The minimum absolute atomic E-state index is 0.0150. The molecule has 4 aromatic rings. The predicted octanol–water partition coefficient (Wildman–Crippen LogP) is 3.35. The maximum atomic E-state index is 12.4. The Kier molecular flexibility index (Phi) is 4.43.